The zero-order valence-electron chi connectivity index (χ0n) is 12.6. The number of urea groups is 1. The van der Waals surface area contributed by atoms with Crippen LogP contribution in [0.1, 0.15) is 11.1 Å². The molecule has 4 heteroatoms. The summed E-state index contributed by atoms with van der Waals surface area (Å²) in [7, 11) is 1.82. The van der Waals surface area contributed by atoms with Crippen molar-refractivity contribution in [1.29, 1.82) is 0 Å². The minimum atomic E-state index is 0.105. The molecule has 1 aromatic heterocycles. The van der Waals surface area contributed by atoms with Gasteiger partial charge in [0.25, 0.3) is 0 Å². The Labute approximate surface area is 126 Å². The summed E-state index contributed by atoms with van der Waals surface area (Å²) >= 11 is 0. The van der Waals surface area contributed by atoms with Crippen molar-refractivity contribution in [3.05, 3.63) is 66.0 Å². The number of rotatable bonds is 2. The van der Waals surface area contributed by atoms with Crippen LogP contribution in [0.5, 0.6) is 0 Å². The molecule has 0 atom stereocenters. The number of hydrogen-bond donors (Lipinski definition) is 0. The number of aryl methyl sites for hydroxylation is 1. The van der Waals surface area contributed by atoms with E-state index in [1.807, 2.05) is 42.3 Å². The zero-order chi connectivity index (χ0) is 15.1. The van der Waals surface area contributed by atoms with Gasteiger partial charge in [0.1, 0.15) is 0 Å². The first-order valence-electron chi connectivity index (χ1n) is 7.07. The van der Waals surface area contributed by atoms with Gasteiger partial charge in [0.2, 0.25) is 0 Å². The van der Waals surface area contributed by atoms with E-state index in [2.05, 4.69) is 24.0 Å². The smallest absolute Gasteiger partial charge is 0.320 e. The summed E-state index contributed by atoms with van der Waals surface area (Å²) in [5, 5.41) is 0. The lowest BCUT2D eigenvalue weighted by atomic mass is 10.2. The first-order chi connectivity index (χ1) is 10.2. The fraction of sp³-hybridized carbons (Fsp3) is 0.294. The molecule has 2 aromatic rings. The lowest BCUT2D eigenvalue weighted by Crippen LogP contribution is -2.28. The van der Waals surface area contributed by atoms with Gasteiger partial charge in [-0.25, -0.2) is 4.79 Å². The zero-order valence-corrected chi connectivity index (χ0v) is 12.6. The van der Waals surface area contributed by atoms with E-state index in [-0.39, 0.29) is 6.03 Å². The summed E-state index contributed by atoms with van der Waals surface area (Å²) in [6, 6.07) is 14.2. The van der Waals surface area contributed by atoms with Crippen LogP contribution in [-0.2, 0) is 6.54 Å². The standard InChI is InChI=1S/C10H13N3O.C7H8/c1-12-5-6-13(10(12)14)8-9-3-2-4-11-7-9;1-7-5-3-2-4-6-7/h2-4,7H,5-6,8H2,1H3;2-6H,1H3. The number of likely N-dealkylation sites (N-methyl/N-ethyl adjacent to an activating group) is 1. The summed E-state index contributed by atoms with van der Waals surface area (Å²) in [5.41, 5.74) is 2.40. The van der Waals surface area contributed by atoms with Gasteiger partial charge in [-0.3, -0.25) is 4.98 Å². The number of hydrogen-bond acceptors (Lipinski definition) is 2. The van der Waals surface area contributed by atoms with E-state index in [1.165, 1.54) is 5.56 Å². The molecule has 1 aliphatic heterocycles. The lowest BCUT2D eigenvalue weighted by Gasteiger charge is -2.15. The highest BCUT2D eigenvalue weighted by atomic mass is 16.2. The predicted octanol–water partition coefficient (Wildman–Crippen LogP) is 2.94. The molecule has 110 valence electrons. The summed E-state index contributed by atoms with van der Waals surface area (Å²) in [4.78, 5) is 19.1. The molecular formula is C17H21N3O. The fourth-order valence-electron chi connectivity index (χ4n) is 2.10. The van der Waals surface area contributed by atoms with Gasteiger partial charge in [-0.15, -0.1) is 0 Å². The molecule has 0 unspecified atom stereocenters. The quantitative estimate of drug-likeness (QED) is 0.849. The molecule has 0 aliphatic carbocycles. The Morgan fingerprint density at radius 1 is 1.10 bits per heavy atom. The molecule has 0 bridgehead atoms. The van der Waals surface area contributed by atoms with E-state index < -0.39 is 0 Å². The maximum atomic E-state index is 11.5. The largest absolute Gasteiger partial charge is 0.326 e. The number of carbonyl (C=O) groups is 1. The Bertz CT molecular complexity index is 557. The average Bonchev–Trinajstić information content (AvgIpc) is 2.82. The Balaban J connectivity index is 0.000000194. The van der Waals surface area contributed by atoms with Crippen LogP contribution in [0.3, 0.4) is 0 Å². The molecule has 0 saturated carbocycles. The van der Waals surface area contributed by atoms with Gasteiger partial charge in [-0.2, -0.15) is 0 Å². The van der Waals surface area contributed by atoms with Crippen molar-refractivity contribution < 1.29 is 4.79 Å². The summed E-state index contributed by atoms with van der Waals surface area (Å²) in [5.74, 6) is 0. The number of nitrogens with zero attached hydrogens (tertiary/aromatic N) is 3. The molecule has 0 spiro atoms. The molecule has 2 heterocycles. The number of amides is 2. The van der Waals surface area contributed by atoms with E-state index in [0.717, 1.165) is 18.7 Å². The van der Waals surface area contributed by atoms with Gasteiger partial charge in [-0.1, -0.05) is 42.0 Å². The van der Waals surface area contributed by atoms with Crippen LogP contribution in [0.4, 0.5) is 4.79 Å². The van der Waals surface area contributed by atoms with Crippen molar-refractivity contribution in [3.8, 4) is 0 Å². The maximum Gasteiger partial charge on any atom is 0.320 e. The number of benzene rings is 1. The van der Waals surface area contributed by atoms with E-state index in [9.17, 15) is 4.79 Å². The Morgan fingerprint density at radius 3 is 2.33 bits per heavy atom. The highest BCUT2D eigenvalue weighted by molar-refractivity contribution is 5.76. The van der Waals surface area contributed by atoms with Gasteiger partial charge >= 0.3 is 6.03 Å². The number of carbonyl (C=O) groups excluding carboxylic acids is 1. The van der Waals surface area contributed by atoms with Gasteiger partial charge < -0.3 is 9.80 Å². The van der Waals surface area contributed by atoms with Crippen molar-refractivity contribution in [1.82, 2.24) is 14.8 Å². The third kappa shape index (κ3) is 4.60. The highest BCUT2D eigenvalue weighted by Crippen LogP contribution is 2.10. The van der Waals surface area contributed by atoms with Crippen LogP contribution in [-0.4, -0.2) is 41.0 Å². The van der Waals surface area contributed by atoms with Crippen LogP contribution in [0.15, 0.2) is 54.9 Å². The molecular weight excluding hydrogens is 262 g/mol. The van der Waals surface area contributed by atoms with E-state index in [4.69, 9.17) is 0 Å². The molecule has 4 nitrogen and oxygen atoms in total. The van der Waals surface area contributed by atoms with E-state index >= 15 is 0 Å². The van der Waals surface area contributed by atoms with Crippen molar-refractivity contribution in [3.63, 3.8) is 0 Å². The molecule has 1 fully saturated rings. The molecule has 3 rings (SSSR count). The molecule has 21 heavy (non-hydrogen) atoms. The first-order valence-corrected chi connectivity index (χ1v) is 7.07. The van der Waals surface area contributed by atoms with Gasteiger partial charge in [0, 0.05) is 39.1 Å². The molecule has 0 radical (unpaired) electrons. The van der Waals surface area contributed by atoms with Crippen molar-refractivity contribution >= 4 is 6.03 Å². The minimum Gasteiger partial charge on any atom is -0.326 e. The normalized spacial score (nSPS) is 13.9. The molecule has 1 saturated heterocycles. The minimum absolute atomic E-state index is 0.105. The second-order valence-corrected chi connectivity index (χ2v) is 5.14. The third-order valence-electron chi connectivity index (χ3n) is 3.34. The van der Waals surface area contributed by atoms with E-state index in [0.29, 0.717) is 6.54 Å². The topological polar surface area (TPSA) is 36.4 Å². The Kier molecular flexibility index (Phi) is 5.32. The van der Waals surface area contributed by atoms with Gasteiger partial charge in [0.15, 0.2) is 0 Å². The SMILES string of the molecule is CN1CCN(Cc2cccnc2)C1=O.Cc1ccccc1. The van der Waals surface area contributed by atoms with Crippen LogP contribution in [0.2, 0.25) is 0 Å². The summed E-state index contributed by atoms with van der Waals surface area (Å²) in [6.45, 7) is 4.38. The number of pyridine rings is 1. The van der Waals surface area contributed by atoms with Crippen molar-refractivity contribution in [2.75, 3.05) is 20.1 Å². The Morgan fingerprint density at radius 2 is 1.86 bits per heavy atom. The fourth-order valence-corrected chi connectivity index (χ4v) is 2.10. The van der Waals surface area contributed by atoms with E-state index in [1.54, 1.807) is 17.3 Å². The van der Waals surface area contributed by atoms with Crippen LogP contribution in [0, 0.1) is 6.92 Å². The third-order valence-corrected chi connectivity index (χ3v) is 3.34. The van der Waals surface area contributed by atoms with Crippen LogP contribution in [0.25, 0.3) is 0 Å². The van der Waals surface area contributed by atoms with Crippen molar-refractivity contribution in [2.45, 2.75) is 13.5 Å². The predicted molar refractivity (Wildman–Crippen MR) is 83.9 cm³/mol. The molecule has 2 amide bonds. The lowest BCUT2D eigenvalue weighted by molar-refractivity contribution is 0.197. The van der Waals surface area contributed by atoms with Crippen LogP contribution >= 0.6 is 0 Å². The van der Waals surface area contributed by atoms with Gasteiger partial charge in [0.05, 0.1) is 0 Å². The molecule has 0 N–H and O–H groups in total. The maximum absolute atomic E-state index is 11.5. The summed E-state index contributed by atoms with van der Waals surface area (Å²) in [6.07, 6.45) is 3.53. The number of aromatic nitrogens is 1. The second-order valence-electron chi connectivity index (χ2n) is 5.14. The second kappa shape index (κ2) is 7.43. The summed E-state index contributed by atoms with van der Waals surface area (Å²) < 4.78 is 0. The molecule has 1 aromatic carbocycles. The van der Waals surface area contributed by atoms with Gasteiger partial charge in [-0.05, 0) is 18.6 Å². The first kappa shape index (κ1) is 15.0. The van der Waals surface area contributed by atoms with Crippen molar-refractivity contribution in [2.24, 2.45) is 0 Å². The monoisotopic (exact) mass is 283 g/mol. The average molecular weight is 283 g/mol. The van der Waals surface area contributed by atoms with Crippen LogP contribution < -0.4 is 0 Å². The highest BCUT2D eigenvalue weighted by Gasteiger charge is 2.24. The Hall–Kier alpha value is -2.36. The molecule has 1 aliphatic rings.